The number of nitrogens with one attached hydrogen (secondary N) is 2. The summed E-state index contributed by atoms with van der Waals surface area (Å²) in [5.74, 6) is -3.12. The van der Waals surface area contributed by atoms with Crippen LogP contribution in [0.25, 0.3) is 112 Å². The molecule has 2 aliphatic heterocycles. The number of fused-ring (bicyclic) bond motifs is 12. The van der Waals surface area contributed by atoms with Gasteiger partial charge in [-0.05, 0) is 133 Å². The maximum Gasteiger partial charge on any atom is 0.336 e. The number of carboxylic acids is 1. The Morgan fingerprint density at radius 3 is 1.35 bits per heavy atom. The summed E-state index contributed by atoms with van der Waals surface area (Å²) in [5, 5.41) is 17.0. The summed E-state index contributed by atoms with van der Waals surface area (Å²) in [6.45, 7) is 4.35. The van der Waals surface area contributed by atoms with Crippen LogP contribution in [0.15, 0.2) is 154 Å². The highest BCUT2D eigenvalue weighted by Gasteiger charge is 2.30. The molecule has 8 heterocycles. The second-order valence-electron chi connectivity index (χ2n) is 19.1. The Morgan fingerprint density at radius 2 is 0.953 bits per heavy atom. The molecule has 14 rings (SSSR count). The van der Waals surface area contributed by atoms with Gasteiger partial charge in [0.25, 0.3) is 11.8 Å². The second-order valence-corrected chi connectivity index (χ2v) is 19.1. The summed E-state index contributed by atoms with van der Waals surface area (Å²) < 4.78 is 83.8. The molecular weight excluding hydrogens is 1100 g/mol. The van der Waals surface area contributed by atoms with Crippen molar-refractivity contribution in [3.8, 4) is 79.4 Å². The Labute approximate surface area is 480 Å². The molecule has 16 nitrogen and oxygen atoms in total. The molecule has 6 aromatic heterocycles. The summed E-state index contributed by atoms with van der Waals surface area (Å²) >= 11 is 0. The Balaban J connectivity index is 0.000000170. The number of ether oxygens (including phenoxy) is 2. The topological polar surface area (TPSA) is 219 Å². The van der Waals surface area contributed by atoms with E-state index in [4.69, 9.17) is 34.0 Å². The van der Waals surface area contributed by atoms with Gasteiger partial charge in [-0.2, -0.15) is 0 Å². The highest BCUT2D eigenvalue weighted by Crippen LogP contribution is 2.44. The molecule has 20 heteroatoms. The lowest BCUT2D eigenvalue weighted by atomic mass is 9.97. The largest absolute Gasteiger partial charge is 0.478 e. The zero-order chi connectivity index (χ0) is 58.8. The second kappa shape index (κ2) is 22.0. The van der Waals surface area contributed by atoms with Gasteiger partial charge in [0, 0.05) is 57.9 Å². The number of hydrogen-bond acceptors (Lipinski definition) is 10. The Kier molecular flexibility index (Phi) is 14.5. The normalized spacial score (nSPS) is 11.8. The maximum atomic E-state index is 14.6. The maximum absolute atomic E-state index is 14.6. The van der Waals surface area contributed by atoms with Gasteiger partial charge in [0.2, 0.25) is 5.91 Å². The number of carbonyl (C=O) groups excluding carboxylic acids is 3. The lowest BCUT2D eigenvalue weighted by Gasteiger charge is -2.21. The summed E-state index contributed by atoms with van der Waals surface area (Å²) in [6.07, 6.45) is 0. The predicted molar refractivity (Wildman–Crippen MR) is 313 cm³/mol. The number of halogens is 4. The predicted octanol–water partition coefficient (Wildman–Crippen LogP) is 14.0. The van der Waals surface area contributed by atoms with Crippen LogP contribution < -0.4 is 25.8 Å². The first-order valence-electron chi connectivity index (χ1n) is 26.2. The standard InChI is InChI=1S/C31H20F2N4O4.C31H19F2N3O5.C2H6.CH4/c1-35-31(39)27-20-11-17(18(30(34)38)13-26(20)41-29(27)15-5-7-16(32)8-6-15)22-9-10-25-28(36-22)24-12-19-21(33)3-2-4-23(19)37(24)14-40-25;1-34-30(37)27-20-11-17(18(31(38)39)13-26(20)41-29(27)15-5-7-16(32)8-6-15)22-9-10-25-28(35-22)24-12-19-21(33)3-2-4-23(19)36(24)14-40-25;1-2;/h2-13H,14H2,1H3,(H2,34,38)(H,35,39);2-13H,14H2,1H3,(H,34,37)(H,38,39);1-2H3;1H4. The van der Waals surface area contributed by atoms with Crippen molar-refractivity contribution in [2.45, 2.75) is 34.7 Å². The molecule has 2 aliphatic rings. The van der Waals surface area contributed by atoms with Gasteiger partial charge in [-0.15, -0.1) is 0 Å². The van der Waals surface area contributed by atoms with Gasteiger partial charge in [0.1, 0.15) is 68.8 Å². The van der Waals surface area contributed by atoms with E-state index in [-0.39, 0.29) is 83.0 Å². The molecule has 0 atom stereocenters. The van der Waals surface area contributed by atoms with Gasteiger partial charge >= 0.3 is 5.97 Å². The van der Waals surface area contributed by atoms with Gasteiger partial charge in [0.15, 0.2) is 13.5 Å². The molecule has 0 spiro atoms. The third kappa shape index (κ3) is 9.48. The number of furan rings is 2. The van der Waals surface area contributed by atoms with E-state index in [9.17, 15) is 41.8 Å². The first-order chi connectivity index (χ1) is 40.7. The minimum atomic E-state index is -1.23. The number of aromatic carboxylic acids is 1. The van der Waals surface area contributed by atoms with Crippen LogP contribution in [0, 0.1) is 23.3 Å². The smallest absolute Gasteiger partial charge is 0.336 e. The monoisotopic (exact) mass is 1150 g/mol. The number of nitrogens with zero attached hydrogens (tertiary/aromatic N) is 4. The summed E-state index contributed by atoms with van der Waals surface area (Å²) in [7, 11) is 2.95. The van der Waals surface area contributed by atoms with Crippen LogP contribution in [0.5, 0.6) is 11.5 Å². The first-order valence-corrected chi connectivity index (χ1v) is 26.2. The molecule has 0 saturated heterocycles. The third-order valence-electron chi connectivity index (χ3n) is 14.5. The van der Waals surface area contributed by atoms with Crippen molar-refractivity contribution in [1.82, 2.24) is 29.7 Å². The molecule has 0 fully saturated rings. The fraction of sp³-hybridized carbons (Fsp3) is 0.108. The van der Waals surface area contributed by atoms with E-state index in [2.05, 4.69) is 10.6 Å². The number of pyridine rings is 2. The minimum absolute atomic E-state index is 0. The fourth-order valence-corrected chi connectivity index (χ4v) is 10.6. The zero-order valence-electron chi connectivity index (χ0n) is 44.9. The summed E-state index contributed by atoms with van der Waals surface area (Å²) in [5.41, 5.74) is 12.3. The van der Waals surface area contributed by atoms with Crippen molar-refractivity contribution in [2.24, 2.45) is 5.73 Å². The molecular formula is C65H49F4N7O9. The van der Waals surface area contributed by atoms with Gasteiger partial charge < -0.3 is 48.9 Å². The third-order valence-corrected chi connectivity index (χ3v) is 14.5. The van der Waals surface area contributed by atoms with Crippen molar-refractivity contribution < 1.29 is 60.2 Å². The number of carboxylic acid groups (broad SMARTS) is 1. The van der Waals surface area contributed by atoms with Gasteiger partial charge in [-0.25, -0.2) is 32.3 Å². The van der Waals surface area contributed by atoms with Crippen molar-refractivity contribution in [1.29, 1.82) is 0 Å². The fourth-order valence-electron chi connectivity index (χ4n) is 10.6. The van der Waals surface area contributed by atoms with Crippen LogP contribution in [0.4, 0.5) is 17.6 Å². The average molecular weight is 1150 g/mol. The van der Waals surface area contributed by atoms with E-state index >= 15 is 0 Å². The number of hydrogen-bond donors (Lipinski definition) is 4. The van der Waals surface area contributed by atoms with E-state index in [0.717, 1.165) is 0 Å². The highest BCUT2D eigenvalue weighted by molar-refractivity contribution is 6.15. The van der Waals surface area contributed by atoms with E-state index < -0.39 is 35.3 Å². The molecule has 0 unspecified atom stereocenters. The first kappa shape index (κ1) is 55.9. The number of carbonyl (C=O) groups is 4. The number of aromatic nitrogens is 4. The lowest BCUT2D eigenvalue weighted by molar-refractivity contribution is 0.0696. The van der Waals surface area contributed by atoms with Crippen LogP contribution in [-0.4, -0.2) is 62.0 Å². The van der Waals surface area contributed by atoms with E-state index in [1.54, 1.807) is 77.4 Å². The quantitative estimate of drug-likeness (QED) is 0.105. The highest BCUT2D eigenvalue weighted by atomic mass is 19.1. The Bertz CT molecular complexity index is 4420. The summed E-state index contributed by atoms with van der Waals surface area (Å²) in [4.78, 5) is 60.7. The molecule has 0 aliphatic carbocycles. The molecule has 0 saturated carbocycles. The van der Waals surface area contributed by atoms with E-state index in [0.29, 0.717) is 94.9 Å². The van der Waals surface area contributed by atoms with E-state index in [1.165, 1.54) is 86.9 Å². The number of amides is 3. The van der Waals surface area contributed by atoms with Crippen LogP contribution in [0.2, 0.25) is 0 Å². The van der Waals surface area contributed by atoms with E-state index in [1.807, 2.05) is 18.4 Å². The minimum Gasteiger partial charge on any atom is -0.478 e. The average Bonchev–Trinajstić information content (AvgIpc) is 3.73. The summed E-state index contributed by atoms with van der Waals surface area (Å²) in [6, 6.07) is 36.7. The number of rotatable bonds is 8. The number of nitrogens with two attached hydrogens (primary N) is 1. The van der Waals surface area contributed by atoms with Crippen LogP contribution >= 0.6 is 0 Å². The van der Waals surface area contributed by atoms with Crippen LogP contribution in [-0.2, 0) is 13.5 Å². The van der Waals surface area contributed by atoms with Gasteiger partial charge in [0.05, 0.1) is 56.1 Å². The molecule has 3 amide bonds. The molecule has 5 N–H and O–H groups in total. The molecule has 6 aromatic carbocycles. The van der Waals surface area contributed by atoms with Crippen molar-refractivity contribution in [2.75, 3.05) is 14.1 Å². The zero-order valence-corrected chi connectivity index (χ0v) is 44.9. The number of benzene rings is 6. The Morgan fingerprint density at radius 1 is 0.541 bits per heavy atom. The van der Waals surface area contributed by atoms with Crippen molar-refractivity contribution in [3.05, 3.63) is 191 Å². The van der Waals surface area contributed by atoms with Crippen LogP contribution in [0.3, 0.4) is 0 Å². The number of primary amides is 1. The lowest BCUT2D eigenvalue weighted by Crippen LogP contribution is -2.18. The molecule has 12 aromatic rings. The molecule has 0 radical (unpaired) electrons. The van der Waals surface area contributed by atoms with Crippen molar-refractivity contribution >= 4 is 67.4 Å². The van der Waals surface area contributed by atoms with Gasteiger partial charge in [-0.1, -0.05) is 33.4 Å². The molecule has 426 valence electrons. The van der Waals surface area contributed by atoms with Crippen LogP contribution in [0.1, 0.15) is 62.7 Å². The molecule has 0 bridgehead atoms. The van der Waals surface area contributed by atoms with Gasteiger partial charge in [-0.3, -0.25) is 14.4 Å². The Hall–Kier alpha value is -11.0. The SMILES string of the molecule is C.CC.CNC(=O)c1c(-c2ccc(F)cc2)oc2cc(C(=O)O)c(-c3ccc4c(n3)-c3cc5c(F)cccc5n3CO4)cc12.CNC(=O)c1c(-c2ccc(F)cc2)oc2cc(C(N)=O)c(-c3ccc4c(n3)-c3cc5c(F)cccc5n3CO4)cc12. The molecule has 85 heavy (non-hydrogen) atoms. The van der Waals surface area contributed by atoms with Crippen molar-refractivity contribution in [3.63, 3.8) is 0 Å².